The summed E-state index contributed by atoms with van der Waals surface area (Å²) in [5.74, 6) is 2.94. The maximum Gasteiger partial charge on any atom is 0.230 e. The van der Waals surface area contributed by atoms with Crippen molar-refractivity contribution in [1.82, 2.24) is 25.1 Å². The number of carbonyl (C=O) groups excluding carboxylic acids is 1. The second-order valence-corrected chi connectivity index (χ2v) is 10.3. The number of amides is 1. The fourth-order valence-electron chi connectivity index (χ4n) is 6.58. The van der Waals surface area contributed by atoms with E-state index in [2.05, 4.69) is 26.6 Å². The lowest BCUT2D eigenvalue weighted by molar-refractivity contribution is -0.124. The van der Waals surface area contributed by atoms with Crippen LogP contribution in [0.4, 0.5) is 0 Å². The zero-order chi connectivity index (χ0) is 19.6. The van der Waals surface area contributed by atoms with Gasteiger partial charge in [0.05, 0.1) is 11.3 Å². The number of para-hydroxylation sites is 1. The Balaban J connectivity index is 1.17. The Morgan fingerprint density at radius 1 is 1.14 bits per heavy atom. The van der Waals surface area contributed by atoms with E-state index in [1.54, 1.807) is 0 Å². The van der Waals surface area contributed by atoms with E-state index in [1.165, 1.54) is 50.3 Å². The molecule has 3 aromatic rings. The van der Waals surface area contributed by atoms with Crippen molar-refractivity contribution in [3.63, 3.8) is 0 Å². The molecular formula is C22H25N5OS. The van der Waals surface area contributed by atoms with Gasteiger partial charge in [-0.15, -0.1) is 10.2 Å². The van der Waals surface area contributed by atoms with E-state index in [4.69, 9.17) is 0 Å². The number of nitrogens with zero attached hydrogens (tertiary/aromatic N) is 4. The first-order valence-corrected chi connectivity index (χ1v) is 11.6. The lowest BCUT2D eigenvalue weighted by atomic mass is 9.53. The van der Waals surface area contributed by atoms with E-state index in [-0.39, 0.29) is 11.4 Å². The van der Waals surface area contributed by atoms with Crippen molar-refractivity contribution in [2.75, 3.05) is 5.75 Å². The highest BCUT2D eigenvalue weighted by atomic mass is 32.2. The molecule has 2 heterocycles. The molecule has 0 radical (unpaired) electrons. The number of nitrogens with one attached hydrogen (secondary N) is 1. The number of hydrogen-bond acceptors (Lipinski definition) is 5. The van der Waals surface area contributed by atoms with E-state index in [1.807, 2.05) is 29.8 Å². The molecule has 0 atom stereocenters. The van der Waals surface area contributed by atoms with Crippen LogP contribution in [0.2, 0.25) is 0 Å². The lowest BCUT2D eigenvalue weighted by Crippen LogP contribution is -2.60. The second-order valence-electron chi connectivity index (χ2n) is 9.38. The maximum atomic E-state index is 12.8. The quantitative estimate of drug-likeness (QED) is 0.668. The largest absolute Gasteiger partial charge is 0.350 e. The van der Waals surface area contributed by atoms with Crippen LogP contribution in [-0.2, 0) is 11.8 Å². The Morgan fingerprint density at radius 2 is 1.83 bits per heavy atom. The van der Waals surface area contributed by atoms with Gasteiger partial charge in [0.25, 0.3) is 0 Å². The molecule has 2 aromatic heterocycles. The molecule has 4 bridgehead atoms. The van der Waals surface area contributed by atoms with Crippen LogP contribution in [0.15, 0.2) is 29.4 Å². The minimum Gasteiger partial charge on any atom is -0.350 e. The predicted molar refractivity (Wildman–Crippen MR) is 114 cm³/mol. The van der Waals surface area contributed by atoms with Crippen LogP contribution in [0, 0.1) is 17.8 Å². The first-order valence-electron chi connectivity index (χ1n) is 10.6. The summed E-state index contributed by atoms with van der Waals surface area (Å²) in [5, 5.41) is 13.7. The molecule has 0 spiro atoms. The molecule has 4 fully saturated rings. The van der Waals surface area contributed by atoms with Gasteiger partial charge in [0.2, 0.25) is 11.1 Å². The number of rotatable bonds is 4. The van der Waals surface area contributed by atoms with Crippen LogP contribution in [0.5, 0.6) is 0 Å². The zero-order valence-electron chi connectivity index (χ0n) is 16.6. The zero-order valence-corrected chi connectivity index (χ0v) is 17.4. The number of benzene rings is 1. The molecule has 4 saturated carbocycles. The topological polar surface area (TPSA) is 72.7 Å². The summed E-state index contributed by atoms with van der Waals surface area (Å²) in [6, 6.07) is 8.12. The van der Waals surface area contributed by atoms with Crippen molar-refractivity contribution >= 4 is 39.7 Å². The van der Waals surface area contributed by atoms with Gasteiger partial charge in [-0.05, 0) is 62.3 Å². The van der Waals surface area contributed by atoms with Gasteiger partial charge in [-0.2, -0.15) is 0 Å². The molecule has 1 aromatic carbocycles. The molecular weight excluding hydrogens is 382 g/mol. The second kappa shape index (κ2) is 6.42. The molecule has 29 heavy (non-hydrogen) atoms. The Bertz CT molecular complexity index is 1090. The molecule has 1 N–H and O–H groups in total. The highest BCUT2D eigenvalue weighted by molar-refractivity contribution is 7.99. The molecule has 4 aliphatic carbocycles. The van der Waals surface area contributed by atoms with Crippen LogP contribution in [-0.4, -0.2) is 36.9 Å². The van der Waals surface area contributed by atoms with Crippen molar-refractivity contribution in [3.8, 4) is 0 Å². The van der Waals surface area contributed by atoms with Crippen molar-refractivity contribution < 1.29 is 4.79 Å². The smallest absolute Gasteiger partial charge is 0.230 e. The number of aromatic nitrogens is 4. The molecule has 150 valence electrons. The number of carbonyl (C=O) groups is 1. The highest BCUT2D eigenvalue weighted by Gasteiger charge is 2.51. The van der Waals surface area contributed by atoms with Gasteiger partial charge in [-0.1, -0.05) is 30.0 Å². The Hall–Kier alpha value is -2.15. The summed E-state index contributed by atoms with van der Waals surface area (Å²) < 4.78 is 2.04. The van der Waals surface area contributed by atoms with Gasteiger partial charge < -0.3 is 9.88 Å². The van der Waals surface area contributed by atoms with Crippen LogP contribution in [0.25, 0.3) is 22.1 Å². The summed E-state index contributed by atoms with van der Waals surface area (Å²) in [7, 11) is 1.99. The molecule has 4 aliphatic rings. The van der Waals surface area contributed by atoms with E-state index in [0.717, 1.165) is 39.8 Å². The first-order chi connectivity index (χ1) is 14.1. The standard InChI is InChI=1S/C22H25N5OS/c1-27-17-5-3-2-4-16(17)19-20(27)23-21(26-25-19)29-12-18(28)24-22-9-13-6-14(10-22)8-15(7-13)11-22/h2-5,13-15H,6-12H2,1H3,(H,24,28). The molecule has 0 unspecified atom stereocenters. The number of fused-ring (bicyclic) bond motifs is 3. The number of thioether (sulfide) groups is 1. The minimum absolute atomic E-state index is 0.0608. The van der Waals surface area contributed by atoms with E-state index < -0.39 is 0 Å². The summed E-state index contributed by atoms with van der Waals surface area (Å²) >= 11 is 1.38. The monoisotopic (exact) mass is 407 g/mol. The van der Waals surface area contributed by atoms with Crippen LogP contribution < -0.4 is 5.32 Å². The average molecular weight is 408 g/mol. The first kappa shape index (κ1) is 17.7. The van der Waals surface area contributed by atoms with Crippen molar-refractivity contribution in [1.29, 1.82) is 0 Å². The SMILES string of the molecule is Cn1c2ccccc2c2nnc(SCC(=O)NC34CC5CC(CC(C5)C3)C4)nc21. The van der Waals surface area contributed by atoms with E-state index in [0.29, 0.717) is 10.9 Å². The fraction of sp³-hybridized carbons (Fsp3) is 0.545. The molecule has 7 rings (SSSR count). The van der Waals surface area contributed by atoms with Crippen LogP contribution >= 0.6 is 11.8 Å². The van der Waals surface area contributed by atoms with Gasteiger partial charge in [-0.3, -0.25) is 4.79 Å². The van der Waals surface area contributed by atoms with Crippen molar-refractivity contribution in [2.24, 2.45) is 24.8 Å². The third kappa shape index (κ3) is 2.93. The van der Waals surface area contributed by atoms with Gasteiger partial charge >= 0.3 is 0 Å². The summed E-state index contributed by atoms with van der Waals surface area (Å²) in [4.78, 5) is 17.4. The molecule has 1 amide bonds. The van der Waals surface area contributed by atoms with Gasteiger partial charge in [0.1, 0.15) is 5.52 Å². The van der Waals surface area contributed by atoms with E-state index in [9.17, 15) is 4.79 Å². The Labute approximate surface area is 173 Å². The van der Waals surface area contributed by atoms with Crippen LogP contribution in [0.1, 0.15) is 38.5 Å². The third-order valence-electron chi connectivity index (χ3n) is 7.26. The summed E-state index contributed by atoms with van der Waals surface area (Å²) in [6.45, 7) is 0. The fourth-order valence-corrected chi connectivity index (χ4v) is 7.16. The highest BCUT2D eigenvalue weighted by Crippen LogP contribution is 2.55. The molecule has 6 nitrogen and oxygen atoms in total. The van der Waals surface area contributed by atoms with Crippen LogP contribution in [0.3, 0.4) is 0 Å². The van der Waals surface area contributed by atoms with E-state index >= 15 is 0 Å². The van der Waals surface area contributed by atoms with Gasteiger partial charge in [-0.25, -0.2) is 4.98 Å². The average Bonchev–Trinajstić information content (AvgIpc) is 2.97. The van der Waals surface area contributed by atoms with Crippen molar-refractivity contribution in [2.45, 2.75) is 49.2 Å². The number of hydrogen-bond donors (Lipinski definition) is 1. The predicted octanol–water partition coefficient (Wildman–Crippen LogP) is 3.69. The Kier molecular flexibility index (Phi) is 3.92. The summed E-state index contributed by atoms with van der Waals surface area (Å²) in [5.41, 5.74) is 2.77. The lowest BCUT2D eigenvalue weighted by Gasteiger charge is -2.56. The minimum atomic E-state index is 0.0608. The molecule has 0 saturated heterocycles. The van der Waals surface area contributed by atoms with Gasteiger partial charge in [0, 0.05) is 18.0 Å². The third-order valence-corrected chi connectivity index (χ3v) is 8.10. The van der Waals surface area contributed by atoms with Gasteiger partial charge in [0.15, 0.2) is 5.65 Å². The Morgan fingerprint density at radius 3 is 2.55 bits per heavy atom. The summed E-state index contributed by atoms with van der Waals surface area (Å²) in [6.07, 6.45) is 7.68. The normalized spacial score (nSPS) is 30.3. The molecule has 7 heteroatoms. The molecule has 0 aliphatic heterocycles. The number of aryl methyl sites for hydroxylation is 1. The maximum absolute atomic E-state index is 12.8. The van der Waals surface area contributed by atoms with Crippen molar-refractivity contribution in [3.05, 3.63) is 24.3 Å².